The highest BCUT2D eigenvalue weighted by molar-refractivity contribution is 14.0. The number of aliphatic imine (C=N–C) groups is 1. The molecule has 0 aliphatic carbocycles. The van der Waals surface area contributed by atoms with Crippen molar-refractivity contribution in [1.29, 1.82) is 0 Å². The van der Waals surface area contributed by atoms with Crippen molar-refractivity contribution >= 4 is 41.3 Å². The number of thiazole rings is 1. The predicted molar refractivity (Wildman–Crippen MR) is 115 cm³/mol. The third kappa shape index (κ3) is 6.84. The number of likely N-dealkylation sites (tertiary alicyclic amines) is 1. The van der Waals surface area contributed by atoms with Crippen LogP contribution in [-0.2, 0) is 6.54 Å². The van der Waals surface area contributed by atoms with Crippen LogP contribution < -0.4 is 10.6 Å². The lowest BCUT2D eigenvalue weighted by molar-refractivity contribution is 0.115. The second-order valence-corrected chi connectivity index (χ2v) is 7.69. The summed E-state index contributed by atoms with van der Waals surface area (Å²) < 4.78 is 0. The topological polar surface area (TPSA) is 52.6 Å². The van der Waals surface area contributed by atoms with Crippen LogP contribution in [0.15, 0.2) is 11.2 Å². The van der Waals surface area contributed by atoms with Crippen LogP contribution >= 0.6 is 35.3 Å². The number of piperidine rings is 1. The van der Waals surface area contributed by atoms with Gasteiger partial charge in [-0.1, -0.05) is 6.42 Å². The first-order valence-corrected chi connectivity index (χ1v) is 9.61. The third-order valence-corrected chi connectivity index (χ3v) is 5.27. The van der Waals surface area contributed by atoms with E-state index in [1.54, 1.807) is 11.3 Å². The summed E-state index contributed by atoms with van der Waals surface area (Å²) >= 11 is 1.71. The fourth-order valence-corrected chi connectivity index (χ4v) is 3.81. The van der Waals surface area contributed by atoms with Gasteiger partial charge in [0.15, 0.2) is 5.96 Å². The van der Waals surface area contributed by atoms with Gasteiger partial charge in [0.2, 0.25) is 0 Å². The van der Waals surface area contributed by atoms with Crippen LogP contribution in [0.2, 0.25) is 0 Å². The third-order valence-electron chi connectivity index (χ3n) is 4.37. The van der Waals surface area contributed by atoms with E-state index in [0.717, 1.165) is 24.1 Å². The van der Waals surface area contributed by atoms with Gasteiger partial charge in [0.25, 0.3) is 0 Å². The molecule has 2 heterocycles. The molecule has 1 fully saturated rings. The zero-order valence-electron chi connectivity index (χ0n) is 15.3. The molecule has 1 aliphatic heterocycles. The van der Waals surface area contributed by atoms with Crippen molar-refractivity contribution in [2.75, 3.05) is 19.6 Å². The van der Waals surface area contributed by atoms with Crippen LogP contribution in [0.4, 0.5) is 0 Å². The largest absolute Gasteiger partial charge is 0.357 e. The number of guanidine groups is 1. The minimum absolute atomic E-state index is 0. The number of rotatable bonds is 6. The van der Waals surface area contributed by atoms with Gasteiger partial charge in [0, 0.05) is 36.2 Å². The summed E-state index contributed by atoms with van der Waals surface area (Å²) in [6, 6.07) is 1.22. The minimum Gasteiger partial charge on any atom is -0.357 e. The molecule has 5 nitrogen and oxygen atoms in total. The van der Waals surface area contributed by atoms with Gasteiger partial charge in [-0.25, -0.2) is 9.98 Å². The molecule has 0 spiro atoms. The number of halogens is 1. The van der Waals surface area contributed by atoms with Crippen molar-refractivity contribution < 1.29 is 0 Å². The van der Waals surface area contributed by atoms with Crippen LogP contribution in [0.3, 0.4) is 0 Å². The van der Waals surface area contributed by atoms with E-state index in [1.165, 1.54) is 30.7 Å². The first-order valence-electron chi connectivity index (χ1n) is 8.79. The van der Waals surface area contributed by atoms with Crippen LogP contribution in [0.25, 0.3) is 0 Å². The fourth-order valence-electron chi connectivity index (χ4n) is 3.10. The number of aromatic nitrogens is 1. The molecule has 7 heteroatoms. The summed E-state index contributed by atoms with van der Waals surface area (Å²) in [5, 5.41) is 7.88. The Bertz CT molecular complexity index is 505. The molecule has 138 valence electrons. The molecule has 2 unspecified atom stereocenters. The highest BCUT2D eigenvalue weighted by Crippen LogP contribution is 2.18. The van der Waals surface area contributed by atoms with Crippen molar-refractivity contribution in [1.82, 2.24) is 20.5 Å². The van der Waals surface area contributed by atoms with Crippen molar-refractivity contribution in [2.24, 2.45) is 4.99 Å². The molecule has 1 aliphatic rings. The maximum absolute atomic E-state index is 4.66. The molecule has 24 heavy (non-hydrogen) atoms. The Morgan fingerprint density at radius 2 is 2.25 bits per heavy atom. The predicted octanol–water partition coefficient (Wildman–Crippen LogP) is 3.39. The Morgan fingerprint density at radius 1 is 1.46 bits per heavy atom. The Hall–Kier alpha value is -0.410. The Morgan fingerprint density at radius 3 is 2.88 bits per heavy atom. The van der Waals surface area contributed by atoms with E-state index in [9.17, 15) is 0 Å². The van der Waals surface area contributed by atoms with Gasteiger partial charge in [0.1, 0.15) is 5.01 Å². The lowest BCUT2D eigenvalue weighted by Gasteiger charge is -2.38. The van der Waals surface area contributed by atoms with Gasteiger partial charge in [-0.3, -0.25) is 4.90 Å². The Kier molecular flexibility index (Phi) is 10.1. The molecule has 2 rings (SSSR count). The maximum atomic E-state index is 4.66. The maximum Gasteiger partial charge on any atom is 0.191 e. The first kappa shape index (κ1) is 21.6. The highest BCUT2D eigenvalue weighted by atomic mass is 127. The molecular formula is C17H32IN5S. The molecule has 0 amide bonds. The molecule has 2 atom stereocenters. The van der Waals surface area contributed by atoms with Crippen LogP contribution in [0, 0.1) is 6.92 Å². The summed E-state index contributed by atoms with van der Waals surface area (Å²) in [5.41, 5.74) is 0. The molecule has 0 aromatic carbocycles. The second-order valence-electron chi connectivity index (χ2n) is 6.37. The number of hydrogen-bond acceptors (Lipinski definition) is 4. The van der Waals surface area contributed by atoms with Gasteiger partial charge in [-0.2, -0.15) is 0 Å². The number of hydrogen-bond donors (Lipinski definition) is 2. The molecule has 0 bridgehead atoms. The van der Waals surface area contributed by atoms with E-state index in [1.807, 2.05) is 6.20 Å². The van der Waals surface area contributed by atoms with Gasteiger partial charge in [-0.05, 0) is 47.1 Å². The van der Waals surface area contributed by atoms with Crippen molar-refractivity contribution in [3.8, 4) is 0 Å². The number of aryl methyl sites for hydroxylation is 1. The van der Waals surface area contributed by atoms with Crippen LogP contribution in [0.5, 0.6) is 0 Å². The SMILES string of the molecule is CCNC(=NCc1ncc(C)s1)NCC(C)N1CCCCC1C.I. The van der Waals surface area contributed by atoms with Crippen LogP contribution in [0.1, 0.15) is 49.9 Å². The second kappa shape index (κ2) is 11.3. The van der Waals surface area contributed by atoms with Crippen molar-refractivity contribution in [2.45, 2.75) is 65.6 Å². The number of nitrogens with zero attached hydrogens (tertiary/aromatic N) is 3. The summed E-state index contributed by atoms with van der Waals surface area (Å²) in [6.07, 6.45) is 5.93. The molecule has 1 aromatic rings. The highest BCUT2D eigenvalue weighted by Gasteiger charge is 2.22. The molecule has 0 saturated carbocycles. The fraction of sp³-hybridized carbons (Fsp3) is 0.765. The summed E-state index contributed by atoms with van der Waals surface area (Å²) in [5.74, 6) is 0.886. The van der Waals surface area contributed by atoms with E-state index in [2.05, 4.69) is 53.2 Å². The average Bonchev–Trinajstić information content (AvgIpc) is 2.95. The van der Waals surface area contributed by atoms with E-state index in [0.29, 0.717) is 18.6 Å². The quantitative estimate of drug-likeness (QED) is 0.384. The standard InChI is InChI=1S/C17H31N5S.HI/c1-5-18-17(21-12-16-19-11-15(4)23-16)20-10-14(3)22-9-7-6-8-13(22)2;/h11,13-14H,5-10,12H2,1-4H3,(H2,18,20,21);1H. The first-order chi connectivity index (χ1) is 11.1. The Labute approximate surface area is 167 Å². The van der Waals surface area contributed by atoms with Gasteiger partial charge < -0.3 is 10.6 Å². The van der Waals surface area contributed by atoms with Gasteiger partial charge in [0.05, 0.1) is 6.54 Å². The van der Waals surface area contributed by atoms with Crippen LogP contribution in [-0.4, -0.2) is 47.6 Å². The zero-order chi connectivity index (χ0) is 16.7. The lowest BCUT2D eigenvalue weighted by Crippen LogP contribution is -2.50. The van der Waals surface area contributed by atoms with Crippen molar-refractivity contribution in [3.05, 3.63) is 16.1 Å². The average molecular weight is 465 g/mol. The van der Waals surface area contributed by atoms with E-state index in [4.69, 9.17) is 0 Å². The minimum atomic E-state index is 0. The van der Waals surface area contributed by atoms with E-state index >= 15 is 0 Å². The monoisotopic (exact) mass is 465 g/mol. The molecule has 0 radical (unpaired) electrons. The number of nitrogens with one attached hydrogen (secondary N) is 2. The lowest BCUT2D eigenvalue weighted by atomic mass is 10.0. The van der Waals surface area contributed by atoms with E-state index in [-0.39, 0.29) is 24.0 Å². The molecule has 2 N–H and O–H groups in total. The normalized spacial score (nSPS) is 20.3. The molecular weight excluding hydrogens is 433 g/mol. The molecule has 1 saturated heterocycles. The van der Waals surface area contributed by atoms with Crippen molar-refractivity contribution in [3.63, 3.8) is 0 Å². The Balaban J connectivity index is 0.00000288. The van der Waals surface area contributed by atoms with Gasteiger partial charge in [-0.15, -0.1) is 35.3 Å². The van der Waals surface area contributed by atoms with E-state index < -0.39 is 0 Å². The summed E-state index contributed by atoms with van der Waals surface area (Å²) in [4.78, 5) is 12.9. The van der Waals surface area contributed by atoms with Gasteiger partial charge >= 0.3 is 0 Å². The zero-order valence-corrected chi connectivity index (χ0v) is 18.5. The summed E-state index contributed by atoms with van der Waals surface area (Å²) in [6.45, 7) is 12.5. The summed E-state index contributed by atoms with van der Waals surface area (Å²) in [7, 11) is 0. The molecule has 1 aromatic heterocycles. The smallest absolute Gasteiger partial charge is 0.191 e.